The molecule has 0 spiro atoms. The molecule has 2 saturated heterocycles. The van der Waals surface area contributed by atoms with E-state index < -0.39 is 0 Å². The summed E-state index contributed by atoms with van der Waals surface area (Å²) >= 11 is 0. The van der Waals surface area contributed by atoms with Gasteiger partial charge in [-0.25, -0.2) is 0 Å². The lowest BCUT2D eigenvalue weighted by molar-refractivity contribution is -0.0216. The van der Waals surface area contributed by atoms with Crippen molar-refractivity contribution in [2.45, 2.75) is 57.1 Å². The van der Waals surface area contributed by atoms with Crippen LogP contribution in [0.25, 0.3) is 0 Å². The first-order valence-corrected chi connectivity index (χ1v) is 8.70. The van der Waals surface area contributed by atoms with Crippen LogP contribution in [0, 0.1) is 5.41 Å². The number of nitrogens with zero attached hydrogens (tertiary/aromatic N) is 2. The van der Waals surface area contributed by atoms with E-state index in [-0.39, 0.29) is 11.5 Å². The highest BCUT2D eigenvalue weighted by Crippen LogP contribution is 2.46. The number of piperidine rings is 1. The smallest absolute Gasteiger partial charge is 0.234 e. The van der Waals surface area contributed by atoms with Gasteiger partial charge in [-0.2, -0.15) is 0 Å². The Morgan fingerprint density at radius 2 is 2.10 bits per heavy atom. The lowest BCUT2D eigenvalue weighted by Crippen LogP contribution is -2.47. The molecule has 1 N–H and O–H groups in total. The SMILES string of the molecule is C1CCN(CC2CON=C(C34CCCC3NCC4)O2)CC1. The summed E-state index contributed by atoms with van der Waals surface area (Å²) in [7, 11) is 0. The number of likely N-dealkylation sites (tertiary alicyclic amines) is 1. The summed E-state index contributed by atoms with van der Waals surface area (Å²) in [5.74, 6) is 0.892. The third-order valence-corrected chi connectivity index (χ3v) is 5.77. The van der Waals surface area contributed by atoms with E-state index in [1.807, 2.05) is 0 Å². The normalized spacial score (nSPS) is 40.3. The monoisotopic (exact) mass is 293 g/mol. The van der Waals surface area contributed by atoms with Crippen LogP contribution in [0.1, 0.15) is 44.9 Å². The van der Waals surface area contributed by atoms with Gasteiger partial charge in [0.15, 0.2) is 6.61 Å². The summed E-state index contributed by atoms with van der Waals surface area (Å²) in [5, 5.41) is 7.95. The first-order valence-electron chi connectivity index (χ1n) is 8.70. The van der Waals surface area contributed by atoms with E-state index in [0.29, 0.717) is 12.6 Å². The van der Waals surface area contributed by atoms with Crippen LogP contribution in [-0.4, -0.2) is 55.7 Å². The highest BCUT2D eigenvalue weighted by atomic mass is 16.7. The summed E-state index contributed by atoms with van der Waals surface area (Å²) < 4.78 is 6.32. The molecule has 0 bridgehead atoms. The minimum Gasteiger partial charge on any atom is -0.470 e. The Hall–Kier alpha value is -0.810. The van der Waals surface area contributed by atoms with E-state index in [1.54, 1.807) is 0 Å². The standard InChI is InChI=1S/C16H27N3O2/c1-2-9-19(10-3-1)11-13-12-20-18-15(21-13)16-6-4-5-14(16)17-8-7-16/h13-14,17H,1-12H2. The van der Waals surface area contributed by atoms with E-state index in [9.17, 15) is 0 Å². The number of rotatable bonds is 3. The maximum Gasteiger partial charge on any atom is 0.234 e. The largest absolute Gasteiger partial charge is 0.470 e. The van der Waals surface area contributed by atoms with Crippen LogP contribution in [0.3, 0.4) is 0 Å². The van der Waals surface area contributed by atoms with Crippen molar-refractivity contribution in [2.24, 2.45) is 10.6 Å². The van der Waals surface area contributed by atoms with Crippen LogP contribution < -0.4 is 5.32 Å². The zero-order valence-corrected chi connectivity index (χ0v) is 12.9. The van der Waals surface area contributed by atoms with Crippen LogP contribution in [0.2, 0.25) is 0 Å². The van der Waals surface area contributed by atoms with Gasteiger partial charge in [0.1, 0.15) is 6.10 Å². The minimum absolute atomic E-state index is 0.126. The highest BCUT2D eigenvalue weighted by Gasteiger charge is 2.52. The molecule has 3 heterocycles. The molecule has 3 unspecified atom stereocenters. The lowest BCUT2D eigenvalue weighted by atomic mass is 9.82. The molecule has 0 aromatic heterocycles. The van der Waals surface area contributed by atoms with E-state index in [4.69, 9.17) is 9.57 Å². The van der Waals surface area contributed by atoms with Crippen LogP contribution in [0.4, 0.5) is 0 Å². The highest BCUT2D eigenvalue weighted by molar-refractivity contribution is 5.84. The Labute approximate surface area is 127 Å². The number of hydrogen-bond donors (Lipinski definition) is 1. The zero-order chi connectivity index (χ0) is 14.1. The fourth-order valence-electron chi connectivity index (χ4n) is 4.62. The van der Waals surface area contributed by atoms with E-state index in [1.165, 1.54) is 51.6 Å². The Morgan fingerprint density at radius 1 is 1.19 bits per heavy atom. The quantitative estimate of drug-likeness (QED) is 0.861. The van der Waals surface area contributed by atoms with Crippen molar-refractivity contribution in [3.8, 4) is 0 Å². The number of fused-ring (bicyclic) bond motifs is 1. The van der Waals surface area contributed by atoms with Crippen LogP contribution in [0.5, 0.6) is 0 Å². The van der Waals surface area contributed by atoms with Crippen LogP contribution in [0.15, 0.2) is 5.16 Å². The van der Waals surface area contributed by atoms with E-state index in [2.05, 4.69) is 15.4 Å². The molecule has 3 aliphatic heterocycles. The fraction of sp³-hybridized carbons (Fsp3) is 0.938. The topological polar surface area (TPSA) is 46.1 Å². The molecule has 1 saturated carbocycles. The molecule has 21 heavy (non-hydrogen) atoms. The van der Waals surface area contributed by atoms with Crippen molar-refractivity contribution in [3.63, 3.8) is 0 Å². The van der Waals surface area contributed by atoms with Crippen LogP contribution >= 0.6 is 0 Å². The van der Waals surface area contributed by atoms with Gasteiger partial charge in [-0.05, 0) is 51.7 Å². The summed E-state index contributed by atoms with van der Waals surface area (Å²) in [6, 6.07) is 0.550. The van der Waals surface area contributed by atoms with Crippen LogP contribution in [-0.2, 0) is 9.57 Å². The molecule has 3 fully saturated rings. The van der Waals surface area contributed by atoms with Crippen molar-refractivity contribution in [1.82, 2.24) is 10.2 Å². The van der Waals surface area contributed by atoms with Gasteiger partial charge in [0.05, 0.1) is 5.41 Å². The molecule has 5 heteroatoms. The summed E-state index contributed by atoms with van der Waals surface area (Å²) in [4.78, 5) is 8.09. The van der Waals surface area contributed by atoms with Crippen molar-refractivity contribution in [1.29, 1.82) is 0 Å². The predicted molar refractivity (Wildman–Crippen MR) is 81.2 cm³/mol. The molecule has 0 radical (unpaired) electrons. The Balaban J connectivity index is 1.41. The van der Waals surface area contributed by atoms with Crippen molar-refractivity contribution in [2.75, 3.05) is 32.8 Å². The molecule has 0 aromatic rings. The first-order chi connectivity index (χ1) is 10.4. The van der Waals surface area contributed by atoms with Crippen molar-refractivity contribution < 1.29 is 9.57 Å². The molecule has 0 amide bonds. The molecule has 3 atom stereocenters. The van der Waals surface area contributed by atoms with Gasteiger partial charge in [0, 0.05) is 12.6 Å². The molecule has 1 aliphatic carbocycles. The number of hydrogen-bond acceptors (Lipinski definition) is 5. The van der Waals surface area contributed by atoms with Gasteiger partial charge >= 0.3 is 0 Å². The van der Waals surface area contributed by atoms with Gasteiger partial charge < -0.3 is 14.9 Å². The summed E-state index contributed by atoms with van der Waals surface area (Å²) in [6.45, 7) is 5.11. The molecule has 5 nitrogen and oxygen atoms in total. The average molecular weight is 293 g/mol. The minimum atomic E-state index is 0.126. The fourth-order valence-corrected chi connectivity index (χ4v) is 4.62. The van der Waals surface area contributed by atoms with Gasteiger partial charge in [0.2, 0.25) is 5.90 Å². The van der Waals surface area contributed by atoms with E-state index in [0.717, 1.165) is 25.4 Å². The van der Waals surface area contributed by atoms with Gasteiger partial charge in [-0.1, -0.05) is 18.0 Å². The zero-order valence-electron chi connectivity index (χ0n) is 12.9. The first kappa shape index (κ1) is 13.8. The third-order valence-electron chi connectivity index (χ3n) is 5.77. The summed E-state index contributed by atoms with van der Waals surface area (Å²) in [6.07, 6.45) is 9.05. The molecular weight excluding hydrogens is 266 g/mol. The molecule has 4 aliphatic rings. The van der Waals surface area contributed by atoms with Gasteiger partial charge in [0.25, 0.3) is 0 Å². The molecule has 4 rings (SSSR count). The number of ether oxygens (including phenoxy) is 1. The van der Waals surface area contributed by atoms with E-state index >= 15 is 0 Å². The maximum absolute atomic E-state index is 6.32. The number of oxime groups is 1. The summed E-state index contributed by atoms with van der Waals surface area (Å²) in [5.41, 5.74) is 0.126. The Morgan fingerprint density at radius 3 is 3.00 bits per heavy atom. The Bertz CT molecular complexity index is 396. The second-order valence-corrected chi connectivity index (χ2v) is 7.10. The molecule has 0 aromatic carbocycles. The van der Waals surface area contributed by atoms with Crippen molar-refractivity contribution in [3.05, 3.63) is 0 Å². The van der Waals surface area contributed by atoms with Gasteiger partial charge in [-0.3, -0.25) is 4.90 Å². The second kappa shape index (κ2) is 5.76. The van der Waals surface area contributed by atoms with Gasteiger partial charge in [-0.15, -0.1) is 0 Å². The molecular formula is C16H27N3O2. The predicted octanol–water partition coefficient (Wildman–Crippen LogP) is 1.73. The second-order valence-electron chi connectivity index (χ2n) is 7.10. The Kier molecular flexibility index (Phi) is 3.79. The van der Waals surface area contributed by atoms with Crippen molar-refractivity contribution >= 4 is 5.90 Å². The maximum atomic E-state index is 6.32. The third kappa shape index (κ3) is 2.55. The average Bonchev–Trinajstić information content (AvgIpc) is 3.09. The molecule has 118 valence electrons. The number of nitrogens with one attached hydrogen (secondary N) is 1. The lowest BCUT2D eigenvalue weighted by Gasteiger charge is -2.36.